The van der Waals surface area contributed by atoms with Gasteiger partial charge in [-0.25, -0.2) is 4.79 Å². The second-order valence-corrected chi connectivity index (χ2v) is 6.10. The van der Waals surface area contributed by atoms with Crippen molar-refractivity contribution in [2.45, 2.75) is 6.61 Å². The van der Waals surface area contributed by atoms with Crippen LogP contribution in [0.15, 0.2) is 28.7 Å². The molecule has 0 aliphatic carbocycles. The molecule has 0 aliphatic heterocycles. The van der Waals surface area contributed by atoms with Gasteiger partial charge in [0.25, 0.3) is 0 Å². The summed E-state index contributed by atoms with van der Waals surface area (Å²) in [5, 5.41) is 0. The smallest absolute Gasteiger partial charge is 0.339 e. The molecule has 0 radical (unpaired) electrons. The Hall–Kier alpha value is -2.61. The number of hydrogen-bond donors (Lipinski definition) is 0. The SMILES string of the molecule is COc1cc(COC(=O)c2cc(OC)c(OC)c(OC)c2Br)cc(OC)c1. The highest BCUT2D eigenvalue weighted by Crippen LogP contribution is 2.45. The maximum absolute atomic E-state index is 12.6. The van der Waals surface area contributed by atoms with Crippen molar-refractivity contribution in [3.63, 3.8) is 0 Å². The van der Waals surface area contributed by atoms with Crippen molar-refractivity contribution in [3.05, 3.63) is 39.9 Å². The first kappa shape index (κ1) is 20.7. The van der Waals surface area contributed by atoms with E-state index in [2.05, 4.69) is 15.9 Å². The zero-order chi connectivity index (χ0) is 20.0. The molecule has 0 fully saturated rings. The van der Waals surface area contributed by atoms with Crippen LogP contribution in [0.4, 0.5) is 0 Å². The monoisotopic (exact) mass is 440 g/mol. The predicted octanol–water partition coefficient (Wildman–Crippen LogP) is 3.85. The van der Waals surface area contributed by atoms with Gasteiger partial charge in [0.15, 0.2) is 11.5 Å². The van der Waals surface area contributed by atoms with Crippen molar-refractivity contribution in [1.82, 2.24) is 0 Å². The van der Waals surface area contributed by atoms with Gasteiger partial charge in [-0.15, -0.1) is 0 Å². The molecule has 0 amide bonds. The number of rotatable bonds is 8. The molecule has 0 N–H and O–H groups in total. The number of carbonyl (C=O) groups is 1. The van der Waals surface area contributed by atoms with Gasteiger partial charge in [-0.2, -0.15) is 0 Å². The summed E-state index contributed by atoms with van der Waals surface area (Å²) >= 11 is 3.37. The molecule has 0 unspecified atom stereocenters. The van der Waals surface area contributed by atoms with Gasteiger partial charge in [0.1, 0.15) is 18.1 Å². The second-order valence-electron chi connectivity index (χ2n) is 5.30. The maximum Gasteiger partial charge on any atom is 0.339 e. The molecule has 8 heteroatoms. The van der Waals surface area contributed by atoms with Gasteiger partial charge in [-0.3, -0.25) is 0 Å². The van der Waals surface area contributed by atoms with Crippen LogP contribution in [0.2, 0.25) is 0 Å². The van der Waals surface area contributed by atoms with E-state index in [-0.39, 0.29) is 12.2 Å². The first-order chi connectivity index (χ1) is 13.0. The quantitative estimate of drug-likeness (QED) is 0.577. The molecular formula is C19H21BrO7. The van der Waals surface area contributed by atoms with Gasteiger partial charge < -0.3 is 28.4 Å². The fraction of sp³-hybridized carbons (Fsp3) is 0.316. The van der Waals surface area contributed by atoms with Gasteiger partial charge in [0, 0.05) is 6.07 Å². The zero-order valence-electron chi connectivity index (χ0n) is 15.8. The van der Waals surface area contributed by atoms with Crippen LogP contribution in [-0.4, -0.2) is 41.5 Å². The van der Waals surface area contributed by atoms with E-state index in [1.807, 2.05) is 0 Å². The average Bonchev–Trinajstić information content (AvgIpc) is 2.70. The highest BCUT2D eigenvalue weighted by molar-refractivity contribution is 9.10. The van der Waals surface area contributed by atoms with Crippen LogP contribution in [0.1, 0.15) is 15.9 Å². The Bertz CT molecular complexity index is 798. The second kappa shape index (κ2) is 9.36. The minimum atomic E-state index is -0.553. The summed E-state index contributed by atoms with van der Waals surface area (Å²) in [4.78, 5) is 12.6. The molecule has 2 rings (SSSR count). The van der Waals surface area contributed by atoms with Gasteiger partial charge in [0.2, 0.25) is 5.75 Å². The van der Waals surface area contributed by atoms with Crippen LogP contribution in [0.3, 0.4) is 0 Å². The summed E-state index contributed by atoms with van der Waals surface area (Å²) in [5.41, 5.74) is 0.975. The van der Waals surface area contributed by atoms with E-state index in [0.717, 1.165) is 5.56 Å². The van der Waals surface area contributed by atoms with E-state index in [9.17, 15) is 4.79 Å². The van der Waals surface area contributed by atoms with E-state index in [1.54, 1.807) is 32.4 Å². The van der Waals surface area contributed by atoms with Gasteiger partial charge in [-0.1, -0.05) is 0 Å². The van der Waals surface area contributed by atoms with Crippen molar-refractivity contribution < 1.29 is 33.2 Å². The molecule has 0 heterocycles. The lowest BCUT2D eigenvalue weighted by Crippen LogP contribution is -2.08. The number of carbonyl (C=O) groups excluding carboxylic acids is 1. The van der Waals surface area contributed by atoms with Gasteiger partial charge in [0.05, 0.1) is 45.6 Å². The fourth-order valence-corrected chi connectivity index (χ4v) is 3.06. The molecule has 7 nitrogen and oxygen atoms in total. The van der Waals surface area contributed by atoms with E-state index in [1.165, 1.54) is 27.4 Å². The number of ether oxygens (including phenoxy) is 6. The molecule has 0 aliphatic rings. The van der Waals surface area contributed by atoms with Crippen molar-refractivity contribution >= 4 is 21.9 Å². The Balaban J connectivity index is 2.28. The molecule has 0 spiro atoms. The Morgan fingerprint density at radius 3 is 1.89 bits per heavy atom. The van der Waals surface area contributed by atoms with Gasteiger partial charge in [-0.05, 0) is 39.7 Å². The lowest BCUT2D eigenvalue weighted by molar-refractivity contribution is 0.0470. The summed E-state index contributed by atoms with van der Waals surface area (Å²) in [6.45, 7) is 0.0372. The summed E-state index contributed by atoms with van der Waals surface area (Å²) in [6.07, 6.45) is 0. The summed E-state index contributed by atoms with van der Waals surface area (Å²) in [5.74, 6) is 1.73. The molecule has 146 valence electrons. The Morgan fingerprint density at radius 1 is 0.815 bits per heavy atom. The number of halogens is 1. The first-order valence-corrected chi connectivity index (χ1v) is 8.65. The number of hydrogen-bond acceptors (Lipinski definition) is 7. The lowest BCUT2D eigenvalue weighted by Gasteiger charge is -2.16. The molecule has 27 heavy (non-hydrogen) atoms. The first-order valence-electron chi connectivity index (χ1n) is 7.86. The average molecular weight is 441 g/mol. The van der Waals surface area contributed by atoms with Crippen LogP contribution in [0.5, 0.6) is 28.7 Å². The normalized spacial score (nSPS) is 10.1. The van der Waals surface area contributed by atoms with Crippen molar-refractivity contribution in [2.75, 3.05) is 35.5 Å². The Kier molecular flexibility index (Phi) is 7.18. The maximum atomic E-state index is 12.6. The Morgan fingerprint density at radius 2 is 1.41 bits per heavy atom. The van der Waals surface area contributed by atoms with Gasteiger partial charge >= 0.3 is 5.97 Å². The lowest BCUT2D eigenvalue weighted by atomic mass is 10.1. The molecule has 0 bridgehead atoms. The molecule has 0 atom stereocenters. The zero-order valence-corrected chi connectivity index (χ0v) is 17.3. The van der Waals surface area contributed by atoms with Crippen LogP contribution < -0.4 is 23.7 Å². The van der Waals surface area contributed by atoms with Crippen LogP contribution in [-0.2, 0) is 11.3 Å². The third-order valence-corrected chi connectivity index (χ3v) is 4.56. The summed E-state index contributed by atoms with van der Waals surface area (Å²) in [7, 11) is 7.54. The number of benzene rings is 2. The topological polar surface area (TPSA) is 72.5 Å². The predicted molar refractivity (Wildman–Crippen MR) is 102 cm³/mol. The Labute approximate surface area is 166 Å². The molecule has 0 saturated heterocycles. The largest absolute Gasteiger partial charge is 0.497 e. The third-order valence-electron chi connectivity index (χ3n) is 3.77. The highest BCUT2D eigenvalue weighted by Gasteiger charge is 2.23. The molecule has 0 aromatic heterocycles. The van der Waals surface area contributed by atoms with E-state index >= 15 is 0 Å². The molecular weight excluding hydrogens is 420 g/mol. The van der Waals surface area contributed by atoms with E-state index in [4.69, 9.17) is 28.4 Å². The number of esters is 1. The van der Waals surface area contributed by atoms with Crippen molar-refractivity contribution in [2.24, 2.45) is 0 Å². The van der Waals surface area contributed by atoms with Crippen LogP contribution in [0, 0.1) is 0 Å². The standard InChI is InChI=1S/C19H21BrO7/c1-22-12-6-11(7-13(8-12)23-2)10-27-19(21)14-9-15(24-3)17(25-4)18(26-5)16(14)20/h6-9H,10H2,1-5H3. The molecule has 2 aromatic rings. The van der Waals surface area contributed by atoms with Crippen LogP contribution in [0.25, 0.3) is 0 Å². The van der Waals surface area contributed by atoms with Crippen molar-refractivity contribution in [1.29, 1.82) is 0 Å². The molecule has 0 saturated carbocycles. The number of methoxy groups -OCH3 is 5. The minimum Gasteiger partial charge on any atom is -0.497 e. The van der Waals surface area contributed by atoms with Crippen molar-refractivity contribution in [3.8, 4) is 28.7 Å². The summed E-state index contributed by atoms with van der Waals surface area (Å²) < 4.78 is 32.2. The fourth-order valence-electron chi connectivity index (χ4n) is 2.45. The highest BCUT2D eigenvalue weighted by atomic mass is 79.9. The third kappa shape index (κ3) is 4.57. The summed E-state index contributed by atoms with van der Waals surface area (Å²) in [6, 6.07) is 6.79. The van der Waals surface area contributed by atoms with Crippen LogP contribution >= 0.6 is 15.9 Å². The van der Waals surface area contributed by atoms with E-state index in [0.29, 0.717) is 33.2 Å². The van der Waals surface area contributed by atoms with E-state index < -0.39 is 5.97 Å². The molecule has 2 aromatic carbocycles. The minimum absolute atomic E-state index is 0.0372.